The van der Waals surface area contributed by atoms with E-state index in [4.69, 9.17) is 27.9 Å². The number of anilines is 2. The zero-order valence-electron chi connectivity index (χ0n) is 16.8. The number of fused-ring (bicyclic) bond motifs is 2. The van der Waals surface area contributed by atoms with Gasteiger partial charge in [0.1, 0.15) is 5.75 Å². The molecular weight excluding hydrogens is 423 g/mol. The van der Waals surface area contributed by atoms with E-state index in [0.29, 0.717) is 21.5 Å². The van der Waals surface area contributed by atoms with Gasteiger partial charge in [0, 0.05) is 36.2 Å². The van der Waals surface area contributed by atoms with Crippen molar-refractivity contribution in [2.45, 2.75) is 37.8 Å². The molecule has 3 aliphatic heterocycles. The quantitative estimate of drug-likeness (QED) is 0.571. The molecule has 2 aromatic carbocycles. The van der Waals surface area contributed by atoms with E-state index in [9.17, 15) is 9.59 Å². The number of ether oxygens (including phenoxy) is 1. The van der Waals surface area contributed by atoms with Crippen molar-refractivity contribution in [2.75, 3.05) is 16.8 Å². The third-order valence-corrected chi connectivity index (χ3v) is 7.00. The standard InChI is InChI=1S/C23H20Cl2N2O3/c1-22(2)16-12-15(27-19(28)6-7-20(27)29)4-5-18(16)26(3)23(22)9-8-13-10-14(24)11-17(25)21(13)30-23/h4-5,8-12H,6-7H2,1-3H3. The largest absolute Gasteiger partial charge is 0.461 e. The first-order chi connectivity index (χ1) is 14.2. The first-order valence-corrected chi connectivity index (χ1v) is 10.5. The van der Waals surface area contributed by atoms with E-state index < -0.39 is 11.1 Å². The molecule has 2 amide bonds. The number of carbonyl (C=O) groups is 2. The first-order valence-electron chi connectivity index (χ1n) is 9.77. The van der Waals surface area contributed by atoms with Crippen LogP contribution < -0.4 is 14.5 Å². The molecule has 1 atom stereocenters. The molecule has 0 aliphatic carbocycles. The van der Waals surface area contributed by atoms with Gasteiger partial charge >= 0.3 is 0 Å². The second-order valence-electron chi connectivity index (χ2n) is 8.45. The molecule has 3 aliphatic rings. The van der Waals surface area contributed by atoms with Crippen LogP contribution >= 0.6 is 23.2 Å². The fourth-order valence-electron chi connectivity index (χ4n) is 4.83. The summed E-state index contributed by atoms with van der Waals surface area (Å²) in [5, 5.41) is 1.00. The molecule has 2 aromatic rings. The van der Waals surface area contributed by atoms with Crippen molar-refractivity contribution in [1.82, 2.24) is 0 Å². The Morgan fingerprint density at radius 2 is 1.73 bits per heavy atom. The molecule has 1 spiro atoms. The Labute approximate surface area is 184 Å². The van der Waals surface area contributed by atoms with Crippen LogP contribution in [0.1, 0.15) is 37.8 Å². The molecule has 5 rings (SSSR count). The highest BCUT2D eigenvalue weighted by atomic mass is 35.5. The number of halogens is 2. The summed E-state index contributed by atoms with van der Waals surface area (Å²) in [6.07, 6.45) is 4.52. The maximum absolute atomic E-state index is 12.2. The minimum atomic E-state index is -0.822. The van der Waals surface area contributed by atoms with Gasteiger partial charge in [0.2, 0.25) is 17.5 Å². The normalized spacial score (nSPS) is 23.8. The van der Waals surface area contributed by atoms with Gasteiger partial charge in [-0.2, -0.15) is 0 Å². The van der Waals surface area contributed by atoms with Crippen molar-refractivity contribution in [3.05, 3.63) is 57.6 Å². The highest BCUT2D eigenvalue weighted by Crippen LogP contribution is 2.56. The van der Waals surface area contributed by atoms with Gasteiger partial charge < -0.3 is 9.64 Å². The Bertz CT molecular complexity index is 1140. The van der Waals surface area contributed by atoms with E-state index in [1.165, 1.54) is 4.90 Å². The molecular formula is C23H20Cl2N2O3. The Morgan fingerprint density at radius 1 is 1.03 bits per heavy atom. The molecule has 1 saturated heterocycles. The number of hydrogen-bond acceptors (Lipinski definition) is 4. The number of rotatable bonds is 1. The zero-order valence-corrected chi connectivity index (χ0v) is 18.3. The number of carbonyl (C=O) groups excluding carboxylic acids is 2. The lowest BCUT2D eigenvalue weighted by Gasteiger charge is -2.46. The Kier molecular flexibility index (Phi) is 4.06. The zero-order chi connectivity index (χ0) is 21.4. The summed E-state index contributed by atoms with van der Waals surface area (Å²) < 4.78 is 6.58. The minimum absolute atomic E-state index is 0.162. The SMILES string of the molecule is CN1c2ccc(N3C(=O)CCC3=O)cc2C(C)(C)C12C=Cc1cc(Cl)cc(Cl)c1O2. The van der Waals surface area contributed by atoms with Crippen LogP contribution in [0.4, 0.5) is 11.4 Å². The topological polar surface area (TPSA) is 49.9 Å². The third-order valence-electron chi connectivity index (χ3n) is 6.50. The second-order valence-corrected chi connectivity index (χ2v) is 9.29. The Morgan fingerprint density at radius 3 is 2.43 bits per heavy atom. The summed E-state index contributed by atoms with van der Waals surface area (Å²) in [4.78, 5) is 27.8. The lowest BCUT2D eigenvalue weighted by molar-refractivity contribution is -0.121. The Hall–Kier alpha value is -2.50. The molecule has 1 unspecified atom stereocenters. The van der Waals surface area contributed by atoms with Crippen molar-refractivity contribution < 1.29 is 14.3 Å². The monoisotopic (exact) mass is 442 g/mol. The third kappa shape index (κ3) is 2.42. The van der Waals surface area contributed by atoms with Gasteiger partial charge in [0.25, 0.3) is 0 Å². The molecule has 0 radical (unpaired) electrons. The summed E-state index contributed by atoms with van der Waals surface area (Å²) in [6, 6.07) is 9.18. The van der Waals surface area contributed by atoms with E-state index in [0.717, 1.165) is 16.8 Å². The van der Waals surface area contributed by atoms with Gasteiger partial charge in [-0.15, -0.1) is 0 Å². The average Bonchev–Trinajstić information content (AvgIpc) is 3.11. The average molecular weight is 443 g/mol. The molecule has 7 heteroatoms. The summed E-state index contributed by atoms with van der Waals surface area (Å²) in [6.45, 7) is 4.18. The number of hydrogen-bond donors (Lipinski definition) is 0. The van der Waals surface area contributed by atoms with Crippen LogP contribution in [0.3, 0.4) is 0 Å². The van der Waals surface area contributed by atoms with Gasteiger partial charge in [-0.1, -0.05) is 23.2 Å². The predicted molar refractivity (Wildman–Crippen MR) is 118 cm³/mol. The van der Waals surface area contributed by atoms with Crippen LogP contribution in [0.2, 0.25) is 10.0 Å². The fourth-order valence-corrected chi connectivity index (χ4v) is 5.38. The summed E-state index contributed by atoms with van der Waals surface area (Å²) in [5.41, 5.74) is 2.07. The number of nitrogens with zero attached hydrogens (tertiary/aromatic N) is 2. The van der Waals surface area contributed by atoms with Crippen molar-refractivity contribution in [1.29, 1.82) is 0 Å². The van der Waals surface area contributed by atoms with Gasteiger partial charge in [0.05, 0.1) is 16.1 Å². The van der Waals surface area contributed by atoms with Crippen LogP contribution in [0.5, 0.6) is 5.75 Å². The molecule has 1 fully saturated rings. The number of likely N-dealkylation sites (N-methyl/N-ethyl adjacent to an activating group) is 1. The highest BCUT2D eigenvalue weighted by Gasteiger charge is 2.58. The smallest absolute Gasteiger partial charge is 0.234 e. The van der Waals surface area contributed by atoms with Crippen LogP contribution in [0.15, 0.2) is 36.4 Å². The molecule has 5 nitrogen and oxygen atoms in total. The second kappa shape index (κ2) is 6.25. The predicted octanol–water partition coefficient (Wildman–Crippen LogP) is 5.18. The van der Waals surface area contributed by atoms with Gasteiger partial charge in [0.15, 0.2) is 0 Å². The summed E-state index contributed by atoms with van der Waals surface area (Å²) in [5.74, 6) is 0.261. The number of amides is 2. The van der Waals surface area contributed by atoms with E-state index >= 15 is 0 Å². The number of imide groups is 1. The first kappa shape index (κ1) is 19.5. The van der Waals surface area contributed by atoms with E-state index in [1.54, 1.807) is 6.07 Å². The fraction of sp³-hybridized carbons (Fsp3) is 0.304. The molecule has 154 valence electrons. The van der Waals surface area contributed by atoms with Gasteiger partial charge in [-0.3, -0.25) is 14.5 Å². The number of benzene rings is 2. The van der Waals surface area contributed by atoms with Gasteiger partial charge in [-0.25, -0.2) is 0 Å². The molecule has 0 aromatic heterocycles. The molecule has 0 saturated carbocycles. The highest BCUT2D eigenvalue weighted by molar-refractivity contribution is 6.36. The minimum Gasteiger partial charge on any atom is -0.461 e. The van der Waals surface area contributed by atoms with Crippen molar-refractivity contribution in [3.8, 4) is 5.75 Å². The lowest BCUT2D eigenvalue weighted by Crippen LogP contribution is -2.58. The van der Waals surface area contributed by atoms with Crippen LogP contribution in [0.25, 0.3) is 6.08 Å². The van der Waals surface area contributed by atoms with Gasteiger partial charge in [-0.05, 0) is 61.9 Å². The molecule has 0 N–H and O–H groups in total. The maximum Gasteiger partial charge on any atom is 0.234 e. The van der Waals surface area contributed by atoms with E-state index in [2.05, 4.69) is 18.7 Å². The molecule has 3 heterocycles. The summed E-state index contributed by atoms with van der Waals surface area (Å²) >= 11 is 12.6. The van der Waals surface area contributed by atoms with Crippen molar-refractivity contribution in [3.63, 3.8) is 0 Å². The van der Waals surface area contributed by atoms with E-state index in [-0.39, 0.29) is 24.7 Å². The molecule has 0 bridgehead atoms. The van der Waals surface area contributed by atoms with Crippen molar-refractivity contribution >= 4 is 52.5 Å². The van der Waals surface area contributed by atoms with Crippen molar-refractivity contribution in [2.24, 2.45) is 0 Å². The summed E-state index contributed by atoms with van der Waals surface area (Å²) in [7, 11) is 1.97. The Balaban J connectivity index is 1.63. The van der Waals surface area contributed by atoms with E-state index in [1.807, 2.05) is 43.5 Å². The lowest BCUT2D eigenvalue weighted by atomic mass is 9.76. The van der Waals surface area contributed by atoms with Crippen LogP contribution in [-0.2, 0) is 15.0 Å². The van der Waals surface area contributed by atoms with Crippen LogP contribution in [-0.4, -0.2) is 24.6 Å². The molecule has 30 heavy (non-hydrogen) atoms. The maximum atomic E-state index is 12.2. The van der Waals surface area contributed by atoms with Crippen LogP contribution in [0, 0.1) is 0 Å².